The Hall–Kier alpha value is -4.68. The van der Waals surface area contributed by atoms with Gasteiger partial charge in [-0.3, -0.25) is 0 Å². The van der Waals surface area contributed by atoms with Crippen molar-refractivity contribution in [2.24, 2.45) is 0 Å². The third kappa shape index (κ3) is 6.79. The Bertz CT molecular complexity index is 2720. The first-order valence-corrected chi connectivity index (χ1v) is 26.2. The molecule has 0 saturated carbocycles. The first kappa shape index (κ1) is 52.2. The van der Waals surface area contributed by atoms with E-state index >= 15 is 0 Å². The van der Waals surface area contributed by atoms with E-state index in [0.717, 1.165) is 0 Å². The normalized spacial score (nSPS) is 14.9. The molecule has 9 rings (SSSR count). The van der Waals surface area contributed by atoms with Gasteiger partial charge in [-0.2, -0.15) is 0 Å². The number of hydrogen-bond acceptors (Lipinski definition) is 0. The molecule has 0 atom stereocenters. The summed E-state index contributed by atoms with van der Waals surface area (Å²) in [5.41, 5.74) is 54.0. The average molecular weight is 919 g/mol. The van der Waals surface area contributed by atoms with Crippen LogP contribution in [0.5, 0.6) is 0 Å². The van der Waals surface area contributed by atoms with Gasteiger partial charge in [0.2, 0.25) is 0 Å². The van der Waals surface area contributed by atoms with E-state index in [4.69, 9.17) is 0 Å². The topological polar surface area (TPSA) is 0 Å². The quantitative estimate of drug-likeness (QED) is 0.142. The van der Waals surface area contributed by atoms with Crippen molar-refractivity contribution in [3.63, 3.8) is 0 Å². The molecule has 69 heavy (non-hydrogen) atoms. The number of fused-ring (bicyclic) bond motifs is 9. The van der Waals surface area contributed by atoms with Crippen molar-refractivity contribution in [1.29, 1.82) is 0 Å². The van der Waals surface area contributed by atoms with Crippen LogP contribution >= 0.6 is 0 Å². The predicted octanol–water partition coefficient (Wildman–Crippen LogP) is 19.4. The fourth-order valence-electron chi connectivity index (χ4n) is 14.8. The Labute approximate surface area is 422 Å². The molecule has 0 unspecified atom stereocenters. The van der Waals surface area contributed by atoms with Crippen LogP contribution in [0.2, 0.25) is 0 Å². The molecule has 0 fully saturated rings. The Morgan fingerprint density at radius 2 is 0.217 bits per heavy atom. The van der Waals surface area contributed by atoms with Gasteiger partial charge in [-0.15, -0.1) is 0 Å². The molecule has 366 valence electrons. The molecule has 0 N–H and O–H groups in total. The van der Waals surface area contributed by atoms with Crippen LogP contribution in [0.3, 0.4) is 0 Å². The molecule has 6 aromatic carbocycles. The highest BCUT2D eigenvalue weighted by Gasteiger charge is 2.44. The summed E-state index contributed by atoms with van der Waals surface area (Å²) in [7, 11) is 0. The van der Waals surface area contributed by atoms with Gasteiger partial charge >= 0.3 is 0 Å². The highest BCUT2D eigenvalue weighted by Crippen LogP contribution is 2.59. The summed E-state index contributed by atoms with van der Waals surface area (Å²) < 4.78 is 0. The van der Waals surface area contributed by atoms with Crippen LogP contribution in [-0.2, 0) is 16.2 Å². The predicted molar refractivity (Wildman–Crippen MR) is 306 cm³/mol. The zero-order valence-corrected chi connectivity index (χ0v) is 49.5. The summed E-state index contributed by atoms with van der Waals surface area (Å²) in [6.45, 7) is 69.7. The van der Waals surface area contributed by atoms with E-state index in [-0.39, 0.29) is 16.2 Å². The zero-order chi connectivity index (χ0) is 52.3. The maximum absolute atomic E-state index is 2.42. The first-order chi connectivity index (χ1) is 31.6. The second kappa shape index (κ2) is 16.7. The molecule has 0 bridgehead atoms. The van der Waals surface area contributed by atoms with E-state index in [9.17, 15) is 0 Å². The van der Waals surface area contributed by atoms with Gasteiger partial charge in [0.1, 0.15) is 0 Å². The Morgan fingerprint density at radius 3 is 0.319 bits per heavy atom. The lowest BCUT2D eigenvalue weighted by Gasteiger charge is -2.28. The van der Waals surface area contributed by atoms with Crippen molar-refractivity contribution in [1.82, 2.24) is 0 Å². The van der Waals surface area contributed by atoms with Crippen molar-refractivity contribution in [3.8, 4) is 33.4 Å². The zero-order valence-electron chi connectivity index (χ0n) is 49.5. The molecule has 0 spiro atoms. The fraction of sp³-hybridized carbons (Fsp3) is 0.478. The smallest absolute Gasteiger partial charge is 0.0164 e. The summed E-state index contributed by atoms with van der Waals surface area (Å²) in [5.74, 6) is 0. The molecular formula is C69H90. The molecular weight excluding hydrogens is 829 g/mol. The number of rotatable bonds is 0. The van der Waals surface area contributed by atoms with Crippen LogP contribution < -0.4 is 0 Å². The lowest BCUT2D eigenvalue weighted by molar-refractivity contribution is 0.648. The van der Waals surface area contributed by atoms with E-state index in [1.165, 1.54) is 167 Å². The van der Waals surface area contributed by atoms with Crippen LogP contribution in [0.15, 0.2) is 0 Å². The summed E-state index contributed by atoms with van der Waals surface area (Å²) >= 11 is 0. The van der Waals surface area contributed by atoms with Gasteiger partial charge in [0, 0.05) is 16.2 Å². The first-order valence-electron chi connectivity index (χ1n) is 26.2. The minimum atomic E-state index is 0.0886. The maximum atomic E-state index is 2.42. The molecule has 3 aliphatic rings. The van der Waals surface area contributed by atoms with Crippen LogP contribution in [0.25, 0.3) is 33.4 Å². The monoisotopic (exact) mass is 919 g/mol. The SMILES string of the molecule is Cc1c(C)c(C)c2c(c1C)-c1c(C)c(C)c(C)c(C)c1C2(C)C.Cc1c(C)c(C)c2c(c1C)-c1c(C)c(C)c(C)c(C)c1C2(C)C.Cc1c(C)c(C)c2c(c1C)-c1c(C)c(C)c(C)c(C)c1C2(C)C. The molecule has 0 aromatic heterocycles. The van der Waals surface area contributed by atoms with Gasteiger partial charge < -0.3 is 0 Å². The Morgan fingerprint density at radius 1 is 0.130 bits per heavy atom. The lowest BCUT2D eigenvalue weighted by atomic mass is 9.76. The minimum absolute atomic E-state index is 0.0886. The summed E-state index contributed by atoms with van der Waals surface area (Å²) in [4.78, 5) is 0. The van der Waals surface area contributed by atoms with Gasteiger partial charge in [0.25, 0.3) is 0 Å². The highest BCUT2D eigenvalue weighted by molar-refractivity contribution is 5.92. The van der Waals surface area contributed by atoms with Crippen molar-refractivity contribution in [2.45, 2.75) is 224 Å². The van der Waals surface area contributed by atoms with E-state index in [2.05, 4.69) is 208 Å². The van der Waals surface area contributed by atoms with Crippen molar-refractivity contribution in [3.05, 3.63) is 167 Å². The van der Waals surface area contributed by atoms with Crippen LogP contribution in [-0.4, -0.2) is 0 Å². The molecule has 0 amide bonds. The van der Waals surface area contributed by atoms with Gasteiger partial charge in [0.15, 0.2) is 0 Å². The third-order valence-electron chi connectivity index (χ3n) is 20.6. The molecule has 3 aliphatic carbocycles. The number of benzene rings is 6. The second-order valence-electron chi connectivity index (χ2n) is 24.4. The third-order valence-corrected chi connectivity index (χ3v) is 20.6. The molecule has 0 nitrogen and oxygen atoms in total. The molecule has 0 heterocycles. The van der Waals surface area contributed by atoms with Crippen molar-refractivity contribution < 1.29 is 0 Å². The van der Waals surface area contributed by atoms with E-state index in [1.54, 1.807) is 33.4 Å². The molecule has 0 heteroatoms. The molecule has 6 aromatic rings. The van der Waals surface area contributed by atoms with Crippen LogP contribution in [0.1, 0.15) is 208 Å². The summed E-state index contributed by atoms with van der Waals surface area (Å²) in [5, 5.41) is 0. The standard InChI is InChI=1S/3C23H30/c3*1-11-13(3)17(7)21-19(15(11)5)20-16(6)12(2)14(4)18(8)22(20)23(21,9)10/h3*1-10H3. The van der Waals surface area contributed by atoms with E-state index in [1.807, 2.05) is 0 Å². The Kier molecular flexibility index (Phi) is 12.6. The largest absolute Gasteiger partial charge is 0.0516 e. The van der Waals surface area contributed by atoms with Gasteiger partial charge in [-0.25, -0.2) is 0 Å². The molecule has 0 aliphatic heterocycles. The summed E-state index contributed by atoms with van der Waals surface area (Å²) in [6, 6.07) is 0. The van der Waals surface area contributed by atoms with Gasteiger partial charge in [-0.05, 0) is 366 Å². The Balaban J connectivity index is 0.000000153. The lowest BCUT2D eigenvalue weighted by Crippen LogP contribution is -2.19. The van der Waals surface area contributed by atoms with E-state index < -0.39 is 0 Å². The second-order valence-corrected chi connectivity index (χ2v) is 24.4. The minimum Gasteiger partial charge on any atom is -0.0516 e. The highest BCUT2D eigenvalue weighted by atomic mass is 14.5. The van der Waals surface area contributed by atoms with Crippen LogP contribution in [0, 0.1) is 166 Å². The molecule has 0 radical (unpaired) electrons. The van der Waals surface area contributed by atoms with Gasteiger partial charge in [0.05, 0.1) is 0 Å². The summed E-state index contributed by atoms with van der Waals surface area (Å²) in [6.07, 6.45) is 0. The molecule has 0 saturated heterocycles. The van der Waals surface area contributed by atoms with E-state index in [0.29, 0.717) is 0 Å². The fourth-order valence-corrected chi connectivity index (χ4v) is 14.8. The van der Waals surface area contributed by atoms with Crippen molar-refractivity contribution >= 4 is 0 Å². The number of hydrogen-bond donors (Lipinski definition) is 0. The maximum Gasteiger partial charge on any atom is 0.0164 e. The van der Waals surface area contributed by atoms with Crippen LogP contribution in [0.4, 0.5) is 0 Å². The van der Waals surface area contributed by atoms with Gasteiger partial charge in [-0.1, -0.05) is 41.5 Å². The van der Waals surface area contributed by atoms with Crippen molar-refractivity contribution in [2.75, 3.05) is 0 Å². The average Bonchev–Trinajstić information content (AvgIpc) is 3.81.